The summed E-state index contributed by atoms with van der Waals surface area (Å²) < 4.78 is 13.7. The van der Waals surface area contributed by atoms with Crippen LogP contribution in [0.1, 0.15) is 5.56 Å². The van der Waals surface area contributed by atoms with Crippen LogP contribution >= 0.6 is 22.6 Å². The smallest absolute Gasteiger partial charge is 0.328 e. The lowest BCUT2D eigenvalue weighted by atomic mass is 10.2. The number of benzene rings is 1. The second-order valence-electron chi connectivity index (χ2n) is 2.31. The number of carbonyl (C=O) groups is 1. The first kappa shape index (κ1) is 10.2. The fourth-order valence-electron chi connectivity index (χ4n) is 0.810. The number of halogens is 2. The van der Waals surface area contributed by atoms with Crippen molar-refractivity contribution >= 4 is 34.6 Å². The summed E-state index contributed by atoms with van der Waals surface area (Å²) in [6, 6.07) is 4.82. The minimum absolute atomic E-state index is 0.286. The summed E-state index contributed by atoms with van der Waals surface area (Å²) in [6.45, 7) is 0. The molecule has 0 aliphatic carbocycles. The van der Waals surface area contributed by atoms with Crippen LogP contribution in [0.2, 0.25) is 0 Å². The Morgan fingerprint density at radius 1 is 1.54 bits per heavy atom. The zero-order chi connectivity index (χ0) is 9.84. The molecule has 0 unspecified atom stereocenters. The SMILES string of the molecule is O=C(O)/C=C/c1cccc(I)c1F. The standard InChI is InChI=1S/C9H6FIO2/c10-9-6(4-5-8(12)13)2-1-3-7(9)11/h1-5H,(H,12,13)/b5-4+. The molecule has 0 aromatic heterocycles. The third-order valence-corrected chi connectivity index (χ3v) is 2.22. The van der Waals surface area contributed by atoms with E-state index in [4.69, 9.17) is 5.11 Å². The predicted octanol–water partition coefficient (Wildman–Crippen LogP) is 2.53. The molecule has 0 atom stereocenters. The van der Waals surface area contributed by atoms with Gasteiger partial charge in [-0.1, -0.05) is 12.1 Å². The van der Waals surface area contributed by atoms with E-state index in [0.29, 0.717) is 3.57 Å². The molecular formula is C9H6FIO2. The van der Waals surface area contributed by atoms with E-state index in [2.05, 4.69) is 0 Å². The molecule has 0 saturated heterocycles. The van der Waals surface area contributed by atoms with Gasteiger partial charge >= 0.3 is 5.97 Å². The molecule has 1 aromatic carbocycles. The summed E-state index contributed by atoms with van der Waals surface area (Å²) >= 11 is 1.85. The van der Waals surface area contributed by atoms with Crippen molar-refractivity contribution in [3.63, 3.8) is 0 Å². The van der Waals surface area contributed by atoms with Crippen LogP contribution in [-0.4, -0.2) is 11.1 Å². The van der Waals surface area contributed by atoms with Crippen molar-refractivity contribution in [2.24, 2.45) is 0 Å². The lowest BCUT2D eigenvalue weighted by Crippen LogP contribution is -1.89. The topological polar surface area (TPSA) is 37.3 Å². The zero-order valence-corrected chi connectivity index (χ0v) is 8.66. The van der Waals surface area contributed by atoms with Gasteiger partial charge in [-0.2, -0.15) is 0 Å². The minimum atomic E-state index is -1.08. The summed E-state index contributed by atoms with van der Waals surface area (Å²) in [6.07, 6.45) is 2.15. The van der Waals surface area contributed by atoms with Gasteiger partial charge in [-0.3, -0.25) is 0 Å². The number of aliphatic carboxylic acids is 1. The van der Waals surface area contributed by atoms with Gasteiger partial charge in [0.05, 0.1) is 0 Å². The van der Waals surface area contributed by atoms with Gasteiger partial charge in [0.25, 0.3) is 0 Å². The van der Waals surface area contributed by atoms with Gasteiger partial charge in [-0.25, -0.2) is 9.18 Å². The summed E-state index contributed by atoms with van der Waals surface area (Å²) in [7, 11) is 0. The second kappa shape index (κ2) is 4.36. The van der Waals surface area contributed by atoms with Crippen molar-refractivity contribution in [3.05, 3.63) is 39.2 Å². The van der Waals surface area contributed by atoms with E-state index in [1.807, 2.05) is 22.6 Å². The van der Waals surface area contributed by atoms with E-state index < -0.39 is 5.97 Å². The van der Waals surface area contributed by atoms with E-state index >= 15 is 0 Å². The van der Waals surface area contributed by atoms with E-state index in [-0.39, 0.29) is 11.4 Å². The Bertz CT molecular complexity index is 361. The zero-order valence-electron chi connectivity index (χ0n) is 6.50. The maximum absolute atomic E-state index is 13.2. The van der Waals surface area contributed by atoms with Gasteiger partial charge in [0.1, 0.15) is 5.82 Å². The summed E-state index contributed by atoms with van der Waals surface area (Å²) in [5.41, 5.74) is 0.286. The van der Waals surface area contributed by atoms with Crippen LogP contribution in [0.5, 0.6) is 0 Å². The molecule has 0 radical (unpaired) electrons. The number of carboxylic acid groups (broad SMARTS) is 1. The third-order valence-electron chi connectivity index (χ3n) is 1.39. The molecule has 2 nitrogen and oxygen atoms in total. The molecule has 1 rings (SSSR count). The highest BCUT2D eigenvalue weighted by molar-refractivity contribution is 14.1. The fraction of sp³-hybridized carbons (Fsp3) is 0. The molecule has 0 saturated carbocycles. The molecule has 68 valence electrons. The summed E-state index contributed by atoms with van der Waals surface area (Å²) in [5, 5.41) is 8.32. The van der Waals surface area contributed by atoms with Gasteiger partial charge < -0.3 is 5.11 Å². The fourth-order valence-corrected chi connectivity index (χ4v) is 1.33. The van der Waals surface area contributed by atoms with Crippen molar-refractivity contribution in [3.8, 4) is 0 Å². The Morgan fingerprint density at radius 2 is 2.23 bits per heavy atom. The first-order chi connectivity index (χ1) is 6.11. The molecule has 1 aromatic rings. The quantitative estimate of drug-likeness (QED) is 0.672. The predicted molar refractivity (Wildman–Crippen MR) is 55.8 cm³/mol. The molecule has 4 heteroatoms. The Kier molecular flexibility index (Phi) is 3.41. The van der Waals surface area contributed by atoms with Crippen LogP contribution in [-0.2, 0) is 4.79 Å². The molecule has 0 amide bonds. The van der Waals surface area contributed by atoms with Crippen LogP contribution in [0.4, 0.5) is 4.39 Å². The van der Waals surface area contributed by atoms with Gasteiger partial charge in [0, 0.05) is 15.2 Å². The van der Waals surface area contributed by atoms with Gasteiger partial charge in [0.2, 0.25) is 0 Å². The van der Waals surface area contributed by atoms with Crippen molar-refractivity contribution in [2.45, 2.75) is 0 Å². The number of hydrogen-bond donors (Lipinski definition) is 1. The summed E-state index contributed by atoms with van der Waals surface area (Å²) in [5.74, 6) is -1.47. The number of carboxylic acids is 1. The Hall–Kier alpha value is -0.910. The van der Waals surface area contributed by atoms with Gasteiger partial charge in [-0.15, -0.1) is 0 Å². The van der Waals surface area contributed by atoms with Gasteiger partial charge in [-0.05, 0) is 34.7 Å². The normalized spacial score (nSPS) is 10.6. The van der Waals surface area contributed by atoms with Crippen LogP contribution in [0.25, 0.3) is 6.08 Å². The molecular weight excluding hydrogens is 286 g/mol. The lowest BCUT2D eigenvalue weighted by molar-refractivity contribution is -0.131. The maximum atomic E-state index is 13.2. The van der Waals surface area contributed by atoms with Crippen molar-refractivity contribution < 1.29 is 14.3 Å². The molecule has 13 heavy (non-hydrogen) atoms. The molecule has 1 N–H and O–H groups in total. The third kappa shape index (κ3) is 2.80. The number of hydrogen-bond acceptors (Lipinski definition) is 1. The molecule has 0 heterocycles. The molecule has 0 fully saturated rings. The largest absolute Gasteiger partial charge is 0.478 e. The first-order valence-electron chi connectivity index (χ1n) is 3.46. The Morgan fingerprint density at radius 3 is 2.85 bits per heavy atom. The second-order valence-corrected chi connectivity index (χ2v) is 3.48. The molecule has 0 aliphatic heterocycles. The van der Waals surface area contributed by atoms with Crippen LogP contribution in [0, 0.1) is 9.39 Å². The summed E-state index contributed by atoms with van der Waals surface area (Å²) in [4.78, 5) is 10.2. The lowest BCUT2D eigenvalue weighted by Gasteiger charge is -1.97. The van der Waals surface area contributed by atoms with Crippen LogP contribution in [0.15, 0.2) is 24.3 Å². The van der Waals surface area contributed by atoms with Crippen molar-refractivity contribution in [1.29, 1.82) is 0 Å². The first-order valence-corrected chi connectivity index (χ1v) is 4.54. The highest BCUT2D eigenvalue weighted by Gasteiger charge is 2.02. The molecule has 0 spiro atoms. The van der Waals surface area contributed by atoms with Crippen molar-refractivity contribution in [2.75, 3.05) is 0 Å². The van der Waals surface area contributed by atoms with Crippen LogP contribution < -0.4 is 0 Å². The Balaban J connectivity index is 3.02. The van der Waals surface area contributed by atoms with E-state index in [9.17, 15) is 9.18 Å². The Labute approximate surface area is 88.2 Å². The van der Waals surface area contributed by atoms with Crippen molar-refractivity contribution in [1.82, 2.24) is 0 Å². The highest BCUT2D eigenvalue weighted by atomic mass is 127. The maximum Gasteiger partial charge on any atom is 0.328 e. The average molecular weight is 292 g/mol. The average Bonchev–Trinajstić information content (AvgIpc) is 2.07. The van der Waals surface area contributed by atoms with E-state index in [1.54, 1.807) is 12.1 Å². The van der Waals surface area contributed by atoms with E-state index in [0.717, 1.165) is 6.08 Å². The van der Waals surface area contributed by atoms with Gasteiger partial charge in [0.15, 0.2) is 0 Å². The minimum Gasteiger partial charge on any atom is -0.478 e. The molecule has 0 aliphatic rings. The molecule has 0 bridgehead atoms. The monoisotopic (exact) mass is 292 g/mol. The van der Waals surface area contributed by atoms with Crippen LogP contribution in [0.3, 0.4) is 0 Å². The highest BCUT2D eigenvalue weighted by Crippen LogP contribution is 2.15. The number of rotatable bonds is 2. The van der Waals surface area contributed by atoms with E-state index in [1.165, 1.54) is 12.1 Å².